The highest BCUT2D eigenvalue weighted by Gasteiger charge is 2.21. The molecule has 368 valence electrons. The number of amides is 6. The lowest BCUT2D eigenvalue weighted by Crippen LogP contribution is -2.27. The fraction of sp³-hybridized carbons (Fsp3) is 0.400. The number of carbonyl (C=O) groups is 6. The maximum Gasteiger partial charge on any atom is 0.272 e. The molecule has 0 fully saturated rings. The van der Waals surface area contributed by atoms with Gasteiger partial charge in [-0.3, -0.25) is 28.8 Å². The minimum atomic E-state index is -0.444. The second-order valence-electron chi connectivity index (χ2n) is 18.7. The number of nitrogens with one attached hydrogen (secondary N) is 9. The summed E-state index contributed by atoms with van der Waals surface area (Å²) in [6, 6.07) is 13.1. The van der Waals surface area contributed by atoms with Gasteiger partial charge in [0.25, 0.3) is 35.4 Å². The van der Waals surface area contributed by atoms with Crippen LogP contribution in [-0.4, -0.2) is 124 Å². The number of anilines is 4. The van der Waals surface area contributed by atoms with Gasteiger partial charge in [0.1, 0.15) is 28.5 Å². The molecule has 19 heteroatoms. The third-order valence-corrected chi connectivity index (χ3v) is 11.3. The lowest BCUT2D eigenvalue weighted by Gasteiger charge is -2.10. The standard InChI is InChI=1S/C50H67N13O6/c1-31(2)13-19-62-29-37(25-43(62)49(68)55-35-23-40(53-27-35)46(65)51-15-9-17-60(5)6)57-45(64)34-12-11-33-21-42(59-39(33)22-34)48(67)58-38-26-44(63(30-38)20-14-32(3)4)50(69)56-36-24-41(54-28-36)47(66)52-16-10-18-61(7)8/h11-12,21-32,53-54,59H,9-10,13-20H2,1-8H3,(H,51,65)(H,52,66)(H,55,68)(H,56,69)(H,57,64)(H,58,67). The summed E-state index contributed by atoms with van der Waals surface area (Å²) < 4.78 is 3.60. The SMILES string of the molecule is CC(C)CCn1cc(NC(=O)c2ccc3cc(C(=O)Nc4cc(C(=O)Nc5c[nH]c(C(=O)NCCCN(C)C)c5)n(CCC(C)C)c4)[nH]c3c2)cc1C(=O)Nc1c[nH]c(C(=O)NCCCN(C)C)c1. The lowest BCUT2D eigenvalue weighted by molar-refractivity contribution is 0.0940. The zero-order valence-corrected chi connectivity index (χ0v) is 40.9. The summed E-state index contributed by atoms with van der Waals surface area (Å²) in [6.45, 7) is 12.2. The summed E-state index contributed by atoms with van der Waals surface area (Å²) in [4.78, 5) is 92.9. The van der Waals surface area contributed by atoms with Crippen LogP contribution in [-0.2, 0) is 13.1 Å². The first-order valence-corrected chi connectivity index (χ1v) is 23.4. The van der Waals surface area contributed by atoms with Crippen molar-refractivity contribution < 1.29 is 28.8 Å². The molecule has 0 radical (unpaired) electrons. The molecule has 5 aromatic heterocycles. The van der Waals surface area contributed by atoms with Crippen LogP contribution in [0.2, 0.25) is 0 Å². The first kappa shape index (κ1) is 51.0. The predicted octanol–water partition coefficient (Wildman–Crippen LogP) is 6.89. The van der Waals surface area contributed by atoms with E-state index in [4.69, 9.17) is 0 Å². The molecule has 0 aliphatic carbocycles. The largest absolute Gasteiger partial charge is 0.355 e. The van der Waals surface area contributed by atoms with E-state index in [2.05, 4.69) is 74.5 Å². The molecule has 19 nitrogen and oxygen atoms in total. The molecule has 6 rings (SSSR count). The third kappa shape index (κ3) is 14.6. The van der Waals surface area contributed by atoms with Crippen LogP contribution in [0.4, 0.5) is 22.7 Å². The molecule has 0 atom stereocenters. The number of H-pyrrole nitrogens is 3. The summed E-state index contributed by atoms with van der Waals surface area (Å²) in [7, 11) is 7.89. The Morgan fingerprint density at radius 2 is 1.00 bits per heavy atom. The third-order valence-electron chi connectivity index (χ3n) is 11.3. The highest BCUT2D eigenvalue weighted by molar-refractivity contribution is 6.11. The Hall–Kier alpha value is -7.38. The topological polar surface area (TPSA) is 238 Å². The van der Waals surface area contributed by atoms with Gasteiger partial charge in [-0.15, -0.1) is 0 Å². The molecule has 0 saturated carbocycles. The van der Waals surface area contributed by atoms with Crippen molar-refractivity contribution >= 4 is 69.1 Å². The average molecular weight is 946 g/mol. The molecule has 69 heavy (non-hydrogen) atoms. The molecule has 0 bridgehead atoms. The van der Waals surface area contributed by atoms with Gasteiger partial charge >= 0.3 is 0 Å². The van der Waals surface area contributed by atoms with Gasteiger partial charge in [-0.25, -0.2) is 0 Å². The Balaban J connectivity index is 1.10. The Morgan fingerprint density at radius 1 is 0.536 bits per heavy atom. The highest BCUT2D eigenvalue weighted by atomic mass is 16.2. The number of benzene rings is 1. The molecule has 9 N–H and O–H groups in total. The van der Waals surface area contributed by atoms with Crippen molar-refractivity contribution in [3.63, 3.8) is 0 Å². The summed E-state index contributed by atoms with van der Waals surface area (Å²) in [5, 5.41) is 18.0. The molecule has 0 aliphatic heterocycles. The number of hydrogen-bond donors (Lipinski definition) is 9. The molecule has 1 aromatic carbocycles. The van der Waals surface area contributed by atoms with Gasteiger partial charge in [-0.05, 0) is 121 Å². The van der Waals surface area contributed by atoms with Gasteiger partial charge < -0.3 is 65.8 Å². The summed E-state index contributed by atoms with van der Waals surface area (Å²) in [6.07, 6.45) is 9.76. The van der Waals surface area contributed by atoms with Crippen molar-refractivity contribution in [3.8, 4) is 0 Å². The fourth-order valence-electron chi connectivity index (χ4n) is 7.47. The van der Waals surface area contributed by atoms with Crippen molar-refractivity contribution in [3.05, 3.63) is 107 Å². The Bertz CT molecular complexity index is 2600. The number of aromatic nitrogens is 5. The van der Waals surface area contributed by atoms with Crippen molar-refractivity contribution in [1.82, 2.24) is 44.5 Å². The molecular weight excluding hydrogens is 879 g/mol. The van der Waals surface area contributed by atoms with Crippen molar-refractivity contribution in [2.75, 3.05) is 75.6 Å². The monoisotopic (exact) mass is 946 g/mol. The van der Waals surface area contributed by atoms with Gasteiger partial charge in [0, 0.05) is 67.4 Å². The van der Waals surface area contributed by atoms with Crippen molar-refractivity contribution in [2.24, 2.45) is 11.8 Å². The molecule has 0 unspecified atom stereocenters. The van der Waals surface area contributed by atoms with E-state index in [1.54, 1.807) is 82.5 Å². The zero-order chi connectivity index (χ0) is 49.8. The Labute approximate surface area is 402 Å². The number of carbonyl (C=O) groups excluding carboxylic acids is 6. The van der Waals surface area contributed by atoms with E-state index in [0.717, 1.165) is 38.8 Å². The second kappa shape index (κ2) is 23.6. The second-order valence-corrected chi connectivity index (χ2v) is 18.7. The highest BCUT2D eigenvalue weighted by Crippen LogP contribution is 2.24. The number of fused-ring (bicyclic) bond motifs is 1. The average Bonchev–Trinajstić information content (AvgIpc) is 4.15. The van der Waals surface area contributed by atoms with E-state index in [0.29, 0.717) is 100 Å². The van der Waals surface area contributed by atoms with E-state index in [1.807, 2.05) is 38.0 Å². The van der Waals surface area contributed by atoms with Crippen LogP contribution in [0.3, 0.4) is 0 Å². The molecule has 5 heterocycles. The van der Waals surface area contributed by atoms with Gasteiger partial charge in [-0.2, -0.15) is 0 Å². The Morgan fingerprint density at radius 3 is 1.46 bits per heavy atom. The van der Waals surface area contributed by atoms with Crippen LogP contribution in [0.1, 0.15) is 116 Å². The first-order chi connectivity index (χ1) is 32.9. The van der Waals surface area contributed by atoms with E-state index in [1.165, 1.54) is 0 Å². The van der Waals surface area contributed by atoms with Gasteiger partial charge in [0.15, 0.2) is 0 Å². The number of hydrogen-bond acceptors (Lipinski definition) is 8. The van der Waals surface area contributed by atoms with Gasteiger partial charge in [-0.1, -0.05) is 33.8 Å². The molecule has 0 saturated heterocycles. The van der Waals surface area contributed by atoms with E-state index in [9.17, 15) is 28.8 Å². The summed E-state index contributed by atoms with van der Waals surface area (Å²) in [5.74, 6) is -1.48. The molecule has 0 spiro atoms. The molecular formula is C50H67N13O6. The minimum absolute atomic E-state index is 0.247. The quantitative estimate of drug-likeness (QED) is 0.0289. The van der Waals surface area contributed by atoms with Gasteiger partial charge in [0.2, 0.25) is 0 Å². The number of aromatic amines is 3. The smallest absolute Gasteiger partial charge is 0.272 e. The fourth-order valence-corrected chi connectivity index (χ4v) is 7.47. The van der Waals surface area contributed by atoms with E-state index < -0.39 is 23.6 Å². The van der Waals surface area contributed by atoms with Crippen LogP contribution >= 0.6 is 0 Å². The number of aryl methyl sites for hydroxylation is 2. The normalized spacial score (nSPS) is 11.5. The van der Waals surface area contributed by atoms with Crippen LogP contribution in [0.5, 0.6) is 0 Å². The first-order valence-electron chi connectivity index (χ1n) is 23.4. The Kier molecular flexibility index (Phi) is 17.4. The van der Waals surface area contributed by atoms with Crippen LogP contribution in [0, 0.1) is 11.8 Å². The predicted molar refractivity (Wildman–Crippen MR) is 270 cm³/mol. The molecule has 0 aliphatic rings. The molecule has 6 amide bonds. The van der Waals surface area contributed by atoms with Crippen LogP contribution in [0.15, 0.2) is 73.3 Å². The summed E-state index contributed by atoms with van der Waals surface area (Å²) >= 11 is 0. The van der Waals surface area contributed by atoms with Crippen molar-refractivity contribution in [2.45, 2.75) is 66.5 Å². The van der Waals surface area contributed by atoms with Crippen molar-refractivity contribution in [1.29, 1.82) is 0 Å². The van der Waals surface area contributed by atoms with Crippen LogP contribution in [0.25, 0.3) is 10.9 Å². The van der Waals surface area contributed by atoms with Crippen LogP contribution < -0.4 is 31.9 Å². The maximum atomic E-state index is 13.7. The minimum Gasteiger partial charge on any atom is -0.355 e. The summed E-state index contributed by atoms with van der Waals surface area (Å²) in [5.41, 5.74) is 4.14. The van der Waals surface area contributed by atoms with E-state index >= 15 is 0 Å². The number of nitrogens with zero attached hydrogens (tertiary/aromatic N) is 4. The van der Waals surface area contributed by atoms with Gasteiger partial charge in [0.05, 0.1) is 22.7 Å². The van der Waals surface area contributed by atoms with E-state index in [-0.39, 0.29) is 17.5 Å². The number of rotatable bonds is 24. The molecule has 6 aromatic rings. The maximum absolute atomic E-state index is 13.7. The zero-order valence-electron chi connectivity index (χ0n) is 40.9. The lowest BCUT2D eigenvalue weighted by atomic mass is 10.1.